The molecule has 0 bridgehead atoms. The molecule has 7 heteroatoms. The number of imidazole rings is 1. The number of anilines is 1. The Bertz CT molecular complexity index is 986. The van der Waals surface area contributed by atoms with Gasteiger partial charge in [0.25, 0.3) is 0 Å². The maximum absolute atomic E-state index is 6.12. The summed E-state index contributed by atoms with van der Waals surface area (Å²) in [6.45, 7) is 14.5. The average Bonchev–Trinajstić information content (AvgIpc) is 3.20. The number of benzene rings is 1. The third-order valence-corrected chi connectivity index (χ3v) is 5.74. The third-order valence-electron chi connectivity index (χ3n) is 5.74. The van der Waals surface area contributed by atoms with E-state index in [4.69, 9.17) is 20.9 Å². The van der Waals surface area contributed by atoms with Crippen molar-refractivity contribution in [2.75, 3.05) is 32.1 Å². The number of ether oxygens (including phenoxy) is 2. The number of nitrogen functional groups attached to an aromatic ring is 1. The molecular weight excluding hydrogens is 414 g/mol. The molecule has 3 rings (SSSR count). The summed E-state index contributed by atoms with van der Waals surface area (Å²) in [5.74, 6) is 3.13. The molecule has 0 aliphatic heterocycles. The molecule has 1 unspecified atom stereocenters. The van der Waals surface area contributed by atoms with Gasteiger partial charge in [-0.15, -0.1) is 0 Å². The molecule has 1 aromatic carbocycles. The lowest BCUT2D eigenvalue weighted by atomic mass is 10.0. The molecule has 3 aromatic rings. The van der Waals surface area contributed by atoms with Crippen LogP contribution >= 0.6 is 0 Å². The van der Waals surface area contributed by atoms with Crippen LogP contribution in [-0.2, 0) is 17.7 Å². The second-order valence-corrected chi connectivity index (χ2v) is 8.37. The van der Waals surface area contributed by atoms with Crippen molar-refractivity contribution in [3.8, 4) is 5.75 Å². The molecule has 0 aliphatic rings. The van der Waals surface area contributed by atoms with Crippen LogP contribution in [0.5, 0.6) is 5.75 Å². The highest BCUT2D eigenvalue weighted by Gasteiger charge is 2.16. The second-order valence-electron chi connectivity index (χ2n) is 8.37. The first-order valence-electron chi connectivity index (χ1n) is 12.5. The first kappa shape index (κ1) is 26.9. The summed E-state index contributed by atoms with van der Waals surface area (Å²) in [7, 11) is 0. The molecule has 184 valence electrons. The highest BCUT2D eigenvalue weighted by Crippen LogP contribution is 2.31. The van der Waals surface area contributed by atoms with E-state index in [0.29, 0.717) is 19.0 Å². The van der Waals surface area contributed by atoms with Gasteiger partial charge in [-0.1, -0.05) is 33.6 Å². The summed E-state index contributed by atoms with van der Waals surface area (Å²) < 4.78 is 13.0. The molecule has 0 amide bonds. The van der Waals surface area contributed by atoms with Crippen LogP contribution in [-0.4, -0.2) is 40.9 Å². The zero-order valence-electron chi connectivity index (χ0n) is 21.2. The van der Waals surface area contributed by atoms with Crippen molar-refractivity contribution in [2.45, 2.75) is 73.3 Å². The molecule has 7 nitrogen and oxygen atoms in total. The third kappa shape index (κ3) is 7.30. The van der Waals surface area contributed by atoms with Crippen molar-refractivity contribution in [1.29, 1.82) is 0 Å². The highest BCUT2D eigenvalue weighted by molar-refractivity contribution is 6.06. The lowest BCUT2D eigenvalue weighted by molar-refractivity contribution is 0.139. The monoisotopic (exact) mass is 457 g/mol. The molecule has 0 saturated heterocycles. The van der Waals surface area contributed by atoms with Crippen LogP contribution in [0.3, 0.4) is 0 Å². The normalized spacial score (nSPS) is 12.1. The molecule has 2 aromatic heterocycles. The summed E-state index contributed by atoms with van der Waals surface area (Å²) in [6.07, 6.45) is 6.10. The number of aryl methyl sites for hydroxylation is 2. The summed E-state index contributed by atoms with van der Waals surface area (Å²) >= 11 is 0. The molecule has 0 aliphatic carbocycles. The molecule has 4 N–H and O–H groups in total. The van der Waals surface area contributed by atoms with Crippen molar-refractivity contribution in [3.05, 3.63) is 24.0 Å². The first-order valence-corrected chi connectivity index (χ1v) is 12.5. The maximum atomic E-state index is 6.12. The number of hydrogen-bond acceptors (Lipinski definition) is 6. The topological polar surface area (TPSA) is 101 Å². The summed E-state index contributed by atoms with van der Waals surface area (Å²) in [6, 6.07) is 5.86. The fraction of sp³-hybridized carbons (Fsp3) is 0.615. The van der Waals surface area contributed by atoms with Gasteiger partial charge < -0.3 is 25.5 Å². The van der Waals surface area contributed by atoms with Crippen LogP contribution in [0.4, 0.5) is 5.82 Å². The predicted molar refractivity (Wildman–Crippen MR) is 139 cm³/mol. The molecule has 0 saturated carbocycles. The SMILES string of the molecule is CCCC(C)CCCOCC.CCc1nc2c(N)nc3cc(OCCN)ccc3c2n1CC. The van der Waals surface area contributed by atoms with Gasteiger partial charge in [-0.3, -0.25) is 0 Å². The van der Waals surface area contributed by atoms with E-state index >= 15 is 0 Å². The van der Waals surface area contributed by atoms with Gasteiger partial charge in [0.1, 0.15) is 23.7 Å². The molecular formula is C26H43N5O2. The molecule has 0 spiro atoms. The Morgan fingerprint density at radius 1 is 1.06 bits per heavy atom. The minimum atomic E-state index is 0.459. The lowest BCUT2D eigenvalue weighted by Crippen LogP contribution is -2.10. The Balaban J connectivity index is 0.000000299. The van der Waals surface area contributed by atoms with Crippen LogP contribution in [0.2, 0.25) is 0 Å². The predicted octanol–water partition coefficient (Wildman–Crippen LogP) is 5.33. The first-order chi connectivity index (χ1) is 16.0. The fourth-order valence-corrected chi connectivity index (χ4v) is 4.13. The van der Waals surface area contributed by atoms with Gasteiger partial charge >= 0.3 is 0 Å². The van der Waals surface area contributed by atoms with Crippen molar-refractivity contribution in [3.63, 3.8) is 0 Å². The Morgan fingerprint density at radius 3 is 2.48 bits per heavy atom. The maximum Gasteiger partial charge on any atom is 0.152 e. The zero-order valence-corrected chi connectivity index (χ0v) is 21.2. The van der Waals surface area contributed by atoms with E-state index in [1.54, 1.807) is 0 Å². The quantitative estimate of drug-likeness (QED) is 0.357. The fourth-order valence-electron chi connectivity index (χ4n) is 4.13. The smallest absolute Gasteiger partial charge is 0.152 e. The van der Waals surface area contributed by atoms with Gasteiger partial charge in [0, 0.05) is 44.2 Å². The number of nitrogens with zero attached hydrogens (tertiary/aromatic N) is 3. The molecule has 2 heterocycles. The molecule has 0 fully saturated rings. The number of fused-ring (bicyclic) bond motifs is 3. The van der Waals surface area contributed by atoms with Crippen molar-refractivity contribution in [1.82, 2.24) is 14.5 Å². The largest absolute Gasteiger partial charge is 0.492 e. The van der Waals surface area contributed by atoms with Crippen LogP contribution in [0, 0.1) is 5.92 Å². The second kappa shape index (κ2) is 14.0. The van der Waals surface area contributed by atoms with Gasteiger partial charge in [-0.25, -0.2) is 9.97 Å². The van der Waals surface area contributed by atoms with E-state index in [0.717, 1.165) is 65.6 Å². The number of pyridine rings is 1. The van der Waals surface area contributed by atoms with Crippen molar-refractivity contribution >= 4 is 27.8 Å². The van der Waals surface area contributed by atoms with Gasteiger partial charge in [-0.2, -0.15) is 0 Å². The number of hydrogen-bond donors (Lipinski definition) is 2. The van der Waals surface area contributed by atoms with E-state index in [9.17, 15) is 0 Å². The standard InChI is InChI=1S/C16H21N5O.C10H22O/c1-3-13-20-14-15(21(13)4-2)11-6-5-10(22-8-7-17)9-12(11)19-16(14)18;1-4-7-10(3)8-6-9-11-5-2/h5-6,9H,3-4,7-8,17H2,1-2H3,(H2,18,19);10H,4-9H2,1-3H3. The Hall–Kier alpha value is -2.38. The van der Waals surface area contributed by atoms with Crippen LogP contribution < -0.4 is 16.2 Å². The number of aromatic nitrogens is 3. The van der Waals surface area contributed by atoms with Crippen LogP contribution in [0.1, 0.15) is 66.1 Å². The van der Waals surface area contributed by atoms with E-state index < -0.39 is 0 Å². The molecule has 0 radical (unpaired) electrons. The van der Waals surface area contributed by atoms with E-state index in [1.807, 2.05) is 18.2 Å². The highest BCUT2D eigenvalue weighted by atomic mass is 16.5. The van der Waals surface area contributed by atoms with E-state index in [2.05, 4.69) is 49.2 Å². The van der Waals surface area contributed by atoms with Crippen molar-refractivity contribution < 1.29 is 9.47 Å². The van der Waals surface area contributed by atoms with Crippen molar-refractivity contribution in [2.24, 2.45) is 11.7 Å². The van der Waals surface area contributed by atoms with E-state index in [-0.39, 0.29) is 0 Å². The minimum absolute atomic E-state index is 0.459. The lowest BCUT2D eigenvalue weighted by Gasteiger charge is -2.09. The number of rotatable bonds is 12. The van der Waals surface area contributed by atoms with E-state index in [1.165, 1.54) is 25.7 Å². The minimum Gasteiger partial charge on any atom is -0.492 e. The van der Waals surface area contributed by atoms with Gasteiger partial charge in [0.15, 0.2) is 5.82 Å². The summed E-state index contributed by atoms with van der Waals surface area (Å²) in [5, 5.41) is 1.04. The van der Waals surface area contributed by atoms with Gasteiger partial charge in [-0.05, 0) is 44.7 Å². The van der Waals surface area contributed by atoms with Crippen LogP contribution in [0.15, 0.2) is 18.2 Å². The Morgan fingerprint density at radius 2 is 1.85 bits per heavy atom. The molecule has 33 heavy (non-hydrogen) atoms. The average molecular weight is 458 g/mol. The zero-order chi connectivity index (χ0) is 24.2. The Kier molecular flexibility index (Phi) is 11.4. The van der Waals surface area contributed by atoms with Crippen LogP contribution in [0.25, 0.3) is 21.9 Å². The van der Waals surface area contributed by atoms with Gasteiger partial charge in [0.2, 0.25) is 0 Å². The van der Waals surface area contributed by atoms with Gasteiger partial charge in [0.05, 0.1) is 11.0 Å². The summed E-state index contributed by atoms with van der Waals surface area (Å²) in [5.41, 5.74) is 14.2. The summed E-state index contributed by atoms with van der Waals surface area (Å²) in [4.78, 5) is 9.14. The molecule has 1 atom stereocenters. The Labute approximate surface area is 198 Å². The number of nitrogens with two attached hydrogens (primary N) is 2.